The van der Waals surface area contributed by atoms with E-state index in [1.54, 1.807) is 30.3 Å². The molecule has 0 radical (unpaired) electrons. The van der Waals surface area contributed by atoms with Crippen LogP contribution in [0.5, 0.6) is 0 Å². The van der Waals surface area contributed by atoms with Crippen molar-refractivity contribution in [2.24, 2.45) is 0 Å². The summed E-state index contributed by atoms with van der Waals surface area (Å²) < 4.78 is 27.3. The molecule has 3 aromatic rings. The van der Waals surface area contributed by atoms with Crippen LogP contribution in [0.25, 0.3) is 22.2 Å². The molecular formula is C30H30N2O10. The Bertz CT molecular complexity index is 1490. The summed E-state index contributed by atoms with van der Waals surface area (Å²) in [6, 6.07) is 16.6. The number of carbonyl (C=O) groups is 5. The van der Waals surface area contributed by atoms with Gasteiger partial charge < -0.3 is 29.0 Å². The molecule has 0 saturated carbocycles. The van der Waals surface area contributed by atoms with E-state index in [0.717, 1.165) is 26.3 Å². The summed E-state index contributed by atoms with van der Waals surface area (Å²) in [5.74, 6) is -3.57. The number of hydrogen-bond donors (Lipinski definition) is 1. The molecule has 0 spiro atoms. The maximum absolute atomic E-state index is 13.9. The molecule has 1 fully saturated rings. The Kier molecular flexibility index (Phi) is 9.48. The monoisotopic (exact) mass is 578 g/mol. The molecule has 0 bridgehead atoms. The number of ether oxygens (including phenoxy) is 5. The Morgan fingerprint density at radius 1 is 0.786 bits per heavy atom. The number of aromatic nitrogens is 1. The molecule has 1 aromatic heterocycles. The molecule has 220 valence electrons. The van der Waals surface area contributed by atoms with Crippen LogP contribution in [-0.2, 0) is 42.9 Å². The number of benzene rings is 2. The summed E-state index contributed by atoms with van der Waals surface area (Å²) >= 11 is 0. The lowest BCUT2D eigenvalue weighted by atomic mass is 9.95. The number of esters is 4. The quantitative estimate of drug-likeness (QED) is 0.310. The molecule has 12 nitrogen and oxygen atoms in total. The van der Waals surface area contributed by atoms with Crippen molar-refractivity contribution >= 4 is 40.7 Å². The van der Waals surface area contributed by atoms with Crippen molar-refractivity contribution in [2.75, 3.05) is 6.61 Å². The van der Waals surface area contributed by atoms with Gasteiger partial charge in [-0.3, -0.25) is 24.0 Å². The predicted molar refractivity (Wildman–Crippen MR) is 147 cm³/mol. The summed E-state index contributed by atoms with van der Waals surface area (Å²) in [6.07, 6.45) is -5.44. The van der Waals surface area contributed by atoms with Gasteiger partial charge in [0.2, 0.25) is 6.29 Å². The molecule has 42 heavy (non-hydrogen) atoms. The van der Waals surface area contributed by atoms with Crippen LogP contribution in [0.2, 0.25) is 0 Å². The summed E-state index contributed by atoms with van der Waals surface area (Å²) in [5, 5.41) is 3.29. The molecule has 1 aliphatic rings. The van der Waals surface area contributed by atoms with Crippen molar-refractivity contribution in [2.45, 2.75) is 58.3 Å². The van der Waals surface area contributed by atoms with E-state index >= 15 is 0 Å². The maximum Gasteiger partial charge on any atom is 0.305 e. The molecule has 1 saturated heterocycles. The molecule has 12 heteroatoms. The number of nitrogens with one attached hydrogen (secondary N) is 1. The fourth-order valence-electron chi connectivity index (χ4n) is 4.67. The van der Waals surface area contributed by atoms with E-state index in [0.29, 0.717) is 16.6 Å². The number of rotatable bonds is 8. The number of para-hydroxylation sites is 1. The van der Waals surface area contributed by atoms with Crippen LogP contribution in [0.3, 0.4) is 0 Å². The molecule has 2 aromatic carbocycles. The highest BCUT2D eigenvalue weighted by Gasteiger charge is 2.52. The first-order valence-corrected chi connectivity index (χ1v) is 13.1. The summed E-state index contributed by atoms with van der Waals surface area (Å²) in [6.45, 7) is 4.14. The lowest BCUT2D eigenvalue weighted by Gasteiger charge is -2.44. The van der Waals surface area contributed by atoms with Crippen LogP contribution in [0.4, 0.5) is 0 Å². The maximum atomic E-state index is 13.9. The minimum atomic E-state index is -1.51. The fourth-order valence-corrected chi connectivity index (χ4v) is 4.67. The second-order valence-electron chi connectivity index (χ2n) is 9.54. The average molecular weight is 579 g/mol. The van der Waals surface area contributed by atoms with E-state index in [9.17, 15) is 24.0 Å². The minimum Gasteiger partial charge on any atom is -0.463 e. The second-order valence-corrected chi connectivity index (χ2v) is 9.54. The van der Waals surface area contributed by atoms with Gasteiger partial charge in [0.05, 0.1) is 16.8 Å². The third-order valence-corrected chi connectivity index (χ3v) is 6.31. The van der Waals surface area contributed by atoms with E-state index in [2.05, 4.69) is 5.32 Å². The molecule has 1 amide bonds. The van der Waals surface area contributed by atoms with Crippen molar-refractivity contribution in [1.29, 1.82) is 0 Å². The molecule has 2 heterocycles. The Labute approximate surface area is 241 Å². The van der Waals surface area contributed by atoms with Crippen LogP contribution in [0.1, 0.15) is 38.1 Å². The van der Waals surface area contributed by atoms with E-state index < -0.39 is 67.0 Å². The number of nitrogens with zero attached hydrogens (tertiary/aromatic N) is 1. The first kappa shape index (κ1) is 30.1. The normalized spacial score (nSPS) is 21.6. The molecule has 1 aliphatic heterocycles. The lowest BCUT2D eigenvalue weighted by Crippen LogP contribution is -2.67. The molecule has 0 unspecified atom stereocenters. The van der Waals surface area contributed by atoms with Crippen LogP contribution >= 0.6 is 0 Å². The van der Waals surface area contributed by atoms with Crippen molar-refractivity contribution in [3.8, 4) is 11.3 Å². The first-order valence-electron chi connectivity index (χ1n) is 13.1. The number of fused-ring (bicyclic) bond motifs is 1. The molecule has 4 rings (SSSR count). The fraction of sp³-hybridized carbons (Fsp3) is 0.333. The smallest absolute Gasteiger partial charge is 0.305 e. The van der Waals surface area contributed by atoms with Crippen molar-refractivity contribution in [3.63, 3.8) is 0 Å². The van der Waals surface area contributed by atoms with Crippen LogP contribution < -0.4 is 5.32 Å². The average Bonchev–Trinajstić information content (AvgIpc) is 2.94. The summed E-state index contributed by atoms with van der Waals surface area (Å²) in [4.78, 5) is 66.5. The number of pyridine rings is 1. The van der Waals surface area contributed by atoms with Gasteiger partial charge in [-0.15, -0.1) is 0 Å². The third kappa shape index (κ3) is 7.26. The Morgan fingerprint density at radius 3 is 2.05 bits per heavy atom. The Morgan fingerprint density at radius 2 is 1.40 bits per heavy atom. The van der Waals surface area contributed by atoms with Crippen LogP contribution in [-0.4, -0.2) is 72.0 Å². The zero-order valence-electron chi connectivity index (χ0n) is 23.4. The summed E-state index contributed by atoms with van der Waals surface area (Å²) in [5.41, 5.74) is 2.09. The molecule has 5 atom stereocenters. The lowest BCUT2D eigenvalue weighted by molar-refractivity contribution is -0.270. The van der Waals surface area contributed by atoms with Gasteiger partial charge in [0.15, 0.2) is 12.2 Å². The number of hydrogen-bond acceptors (Lipinski definition) is 11. The third-order valence-electron chi connectivity index (χ3n) is 6.31. The number of carbonyl (C=O) groups excluding carboxylic acids is 5. The van der Waals surface area contributed by atoms with Crippen LogP contribution in [0.15, 0.2) is 60.7 Å². The molecular weight excluding hydrogens is 548 g/mol. The Balaban J connectivity index is 1.78. The van der Waals surface area contributed by atoms with E-state index in [1.807, 2.05) is 30.3 Å². The highest BCUT2D eigenvalue weighted by atomic mass is 16.7. The SMILES string of the molecule is CC(=O)OC[C@H]1O[C@@H](OC(C)=O)[C@@H](NC(=O)c2cc(-c3ccccc3)nc3ccccc23)[C@@H](OC(C)=O)[C@@H]1OC(C)=O. The minimum absolute atomic E-state index is 0.230. The van der Waals surface area contributed by atoms with Gasteiger partial charge in [0, 0.05) is 38.6 Å². The van der Waals surface area contributed by atoms with Gasteiger partial charge in [-0.2, -0.15) is 0 Å². The van der Waals surface area contributed by atoms with Gasteiger partial charge in [-0.05, 0) is 12.1 Å². The first-order chi connectivity index (χ1) is 20.0. The number of amides is 1. The zero-order valence-corrected chi connectivity index (χ0v) is 23.4. The largest absolute Gasteiger partial charge is 0.463 e. The topological polar surface area (TPSA) is 156 Å². The second kappa shape index (κ2) is 13.2. The van der Waals surface area contributed by atoms with E-state index in [1.165, 1.54) is 6.92 Å². The molecule has 1 N–H and O–H groups in total. The van der Waals surface area contributed by atoms with Gasteiger partial charge in [0.1, 0.15) is 18.8 Å². The highest BCUT2D eigenvalue weighted by molar-refractivity contribution is 6.07. The van der Waals surface area contributed by atoms with E-state index in [-0.39, 0.29) is 5.56 Å². The standard InChI is InChI=1S/C30H30N2O10/c1-16(33)38-15-25-27(39-17(2)34)28(40-18(3)35)26(30(42-25)41-19(4)36)32-29(37)22-14-24(20-10-6-5-7-11-20)31-23-13-9-8-12-21(22)23/h5-14,25-28,30H,15H2,1-4H3,(H,32,37)/t25-,26+,27-,28-,30-/m1/s1. The van der Waals surface area contributed by atoms with Gasteiger partial charge in [-0.1, -0.05) is 48.5 Å². The Hall–Kier alpha value is -4.84. The molecule has 0 aliphatic carbocycles. The van der Waals surface area contributed by atoms with Gasteiger partial charge in [0.25, 0.3) is 5.91 Å². The van der Waals surface area contributed by atoms with E-state index in [4.69, 9.17) is 28.7 Å². The van der Waals surface area contributed by atoms with Crippen molar-refractivity contribution in [1.82, 2.24) is 10.3 Å². The summed E-state index contributed by atoms with van der Waals surface area (Å²) in [7, 11) is 0. The highest BCUT2D eigenvalue weighted by Crippen LogP contribution is 2.30. The van der Waals surface area contributed by atoms with Crippen LogP contribution in [0, 0.1) is 0 Å². The zero-order chi connectivity index (χ0) is 30.4. The predicted octanol–water partition coefficient (Wildman–Crippen LogP) is 2.71. The van der Waals surface area contributed by atoms with Gasteiger partial charge >= 0.3 is 23.9 Å². The van der Waals surface area contributed by atoms with Crippen molar-refractivity contribution in [3.05, 3.63) is 66.2 Å². The van der Waals surface area contributed by atoms with Crippen molar-refractivity contribution < 1.29 is 47.7 Å². The van der Waals surface area contributed by atoms with Gasteiger partial charge in [-0.25, -0.2) is 4.98 Å².